The number of rotatable bonds is 6. The number of halogens is 3. The normalized spacial score (nSPS) is 25.9. The number of aliphatic hydroxyl groups is 2. The average molecular weight is 697 g/mol. The second-order valence-electron chi connectivity index (χ2n) is 11.5. The van der Waals surface area contributed by atoms with E-state index in [9.17, 15) is 25.4 Å². The van der Waals surface area contributed by atoms with Crippen LogP contribution in [-0.2, 0) is 11.2 Å². The highest BCUT2D eigenvalue weighted by molar-refractivity contribution is 6.67. The third-order valence-corrected chi connectivity index (χ3v) is 9.44. The van der Waals surface area contributed by atoms with Gasteiger partial charge in [-0.2, -0.15) is 5.26 Å². The number of aromatic hydroxyl groups is 1. The Morgan fingerprint density at radius 2 is 1.93 bits per heavy atom. The monoisotopic (exact) mass is 695 g/mol. The van der Waals surface area contributed by atoms with E-state index >= 15 is 0 Å². The van der Waals surface area contributed by atoms with Crippen LogP contribution >= 0.6 is 34.8 Å². The lowest BCUT2D eigenvalue weighted by atomic mass is 9.70. The number of piperazine rings is 1. The van der Waals surface area contributed by atoms with Gasteiger partial charge in [0, 0.05) is 22.3 Å². The van der Waals surface area contributed by atoms with E-state index in [0.29, 0.717) is 28.2 Å². The van der Waals surface area contributed by atoms with Crippen LogP contribution in [0.4, 0.5) is 4.79 Å². The highest BCUT2D eigenvalue weighted by Crippen LogP contribution is 2.61. The van der Waals surface area contributed by atoms with Gasteiger partial charge in [0.25, 0.3) is 0 Å². The Labute approximate surface area is 280 Å². The van der Waals surface area contributed by atoms with Gasteiger partial charge >= 0.3 is 6.09 Å². The van der Waals surface area contributed by atoms with E-state index in [1.165, 1.54) is 12.0 Å². The standard InChI is InChI=1S/C31H32Cl3N3O9/c1-5-6-43-28-19-15(7-13(2)26(28)42-4)8-16-17(9-35)36-18(10-38)20-21(24(39)14(3)27-29(20)46-12-45-27)25(40)23(36)22(19)37(16)30(41)44-11-31(32,33)34/h5,7,16-18,22-23,25,38-40H,1,6,8,10-12H2,2-4H3/t16-,17-,18-,22-,23+,25?/m0/s1. The number of phenols is 1. The summed E-state index contributed by atoms with van der Waals surface area (Å²) >= 11 is 17.8. The number of aliphatic hydroxyl groups excluding tert-OH is 2. The van der Waals surface area contributed by atoms with Crippen LogP contribution in [0.25, 0.3) is 0 Å². The van der Waals surface area contributed by atoms with Crippen LogP contribution < -0.4 is 18.9 Å². The lowest BCUT2D eigenvalue weighted by Gasteiger charge is -2.60. The number of nitriles is 1. The number of carbonyl (C=O) groups excluding carboxylic acids is 1. The molecular weight excluding hydrogens is 665 g/mol. The minimum atomic E-state index is -1.92. The molecule has 4 aliphatic heterocycles. The molecular formula is C31H32Cl3N3O9. The number of hydrogen-bond donors (Lipinski definition) is 3. The topological polar surface area (TPSA) is 154 Å². The molecule has 0 saturated carbocycles. The van der Waals surface area contributed by atoms with E-state index in [0.717, 1.165) is 11.1 Å². The van der Waals surface area contributed by atoms with Gasteiger partial charge in [0.15, 0.2) is 23.0 Å². The number of phenolic OH excluding ortho intramolecular Hbond substituents is 1. The molecule has 1 saturated heterocycles. The van der Waals surface area contributed by atoms with Crippen LogP contribution in [0.5, 0.6) is 28.7 Å². The molecule has 4 aliphatic rings. The Bertz CT molecular complexity index is 1640. The fraction of sp³-hybridized carbons (Fsp3) is 0.484. The summed E-state index contributed by atoms with van der Waals surface area (Å²) in [4.78, 5) is 17.1. The number of methoxy groups -OCH3 is 1. The van der Waals surface area contributed by atoms with Crippen LogP contribution in [0.15, 0.2) is 18.7 Å². The summed E-state index contributed by atoms with van der Waals surface area (Å²) in [6, 6.07) is -0.882. The molecule has 0 radical (unpaired) electrons. The first-order chi connectivity index (χ1) is 21.9. The molecule has 0 aliphatic carbocycles. The fourth-order valence-corrected chi connectivity index (χ4v) is 7.67. The van der Waals surface area contributed by atoms with Crippen molar-refractivity contribution in [2.24, 2.45) is 0 Å². The Morgan fingerprint density at radius 3 is 2.57 bits per heavy atom. The molecule has 246 valence electrons. The second kappa shape index (κ2) is 12.0. The minimum absolute atomic E-state index is 0.0867. The van der Waals surface area contributed by atoms with Gasteiger partial charge in [0.2, 0.25) is 10.6 Å². The van der Waals surface area contributed by atoms with Crippen molar-refractivity contribution in [1.82, 2.24) is 9.80 Å². The summed E-state index contributed by atoms with van der Waals surface area (Å²) in [5.74, 6) is 0.995. The number of aryl methyl sites for hydroxylation is 1. The van der Waals surface area contributed by atoms with Crippen LogP contribution in [0.1, 0.15) is 51.6 Å². The molecule has 6 rings (SSSR count). The molecule has 12 nitrogen and oxygen atoms in total. The number of ether oxygens (including phenoxy) is 5. The maximum absolute atomic E-state index is 14.0. The smallest absolute Gasteiger partial charge is 0.410 e. The zero-order chi connectivity index (χ0) is 33.2. The van der Waals surface area contributed by atoms with Gasteiger partial charge in [-0.15, -0.1) is 0 Å². The van der Waals surface area contributed by atoms with Gasteiger partial charge < -0.3 is 39.0 Å². The Morgan fingerprint density at radius 1 is 1.22 bits per heavy atom. The third kappa shape index (κ3) is 4.87. The molecule has 3 N–H and O–H groups in total. The zero-order valence-corrected chi connectivity index (χ0v) is 27.4. The van der Waals surface area contributed by atoms with Gasteiger partial charge in [-0.3, -0.25) is 9.80 Å². The lowest BCUT2D eigenvalue weighted by Crippen LogP contribution is -2.71. The predicted octanol–water partition coefficient (Wildman–Crippen LogP) is 4.44. The Hall–Kier alpha value is -3.31. The Kier molecular flexibility index (Phi) is 8.54. The van der Waals surface area contributed by atoms with Crippen LogP contribution in [-0.4, -0.2) is 86.9 Å². The molecule has 0 spiro atoms. The largest absolute Gasteiger partial charge is 0.507 e. The molecule has 4 heterocycles. The molecule has 0 aromatic heterocycles. The number of carbonyl (C=O) groups is 1. The SMILES string of the molecule is C=CCOc1c(OC)c(C)cc2c1[C@H]1[C@@H]3C(O)c4c(O)c(C)c5c(c4[C@H](CO)N3[C@@H](C#N)[C@H](C2)N1C(=O)OCC(Cl)(Cl)Cl)OCO5. The third-order valence-electron chi connectivity index (χ3n) is 9.12. The quantitative estimate of drug-likeness (QED) is 0.290. The first-order valence-electron chi connectivity index (χ1n) is 14.5. The summed E-state index contributed by atoms with van der Waals surface area (Å²) in [6.07, 6.45) is -0.695. The highest BCUT2D eigenvalue weighted by atomic mass is 35.6. The molecule has 1 amide bonds. The summed E-state index contributed by atoms with van der Waals surface area (Å²) in [5.41, 5.74) is 2.72. The number of hydrogen-bond acceptors (Lipinski definition) is 11. The fourth-order valence-electron chi connectivity index (χ4n) is 7.51. The van der Waals surface area contributed by atoms with Gasteiger partial charge in [-0.05, 0) is 31.4 Å². The molecule has 2 aromatic carbocycles. The molecule has 2 bridgehead atoms. The summed E-state index contributed by atoms with van der Waals surface area (Å²) < 4.78 is 27.0. The minimum Gasteiger partial charge on any atom is -0.507 e. The molecule has 2 aromatic rings. The molecule has 46 heavy (non-hydrogen) atoms. The van der Waals surface area contributed by atoms with E-state index < -0.39 is 59.4 Å². The Balaban J connectivity index is 1.65. The van der Waals surface area contributed by atoms with Gasteiger partial charge in [0.1, 0.15) is 31.1 Å². The zero-order valence-electron chi connectivity index (χ0n) is 25.1. The van der Waals surface area contributed by atoms with Crippen molar-refractivity contribution in [3.05, 3.63) is 52.1 Å². The van der Waals surface area contributed by atoms with Crippen molar-refractivity contribution < 1.29 is 43.8 Å². The van der Waals surface area contributed by atoms with Crippen molar-refractivity contribution >= 4 is 40.9 Å². The van der Waals surface area contributed by atoms with Crippen molar-refractivity contribution in [3.8, 4) is 34.8 Å². The number of nitrogens with zero attached hydrogens (tertiary/aromatic N) is 3. The number of amides is 1. The van der Waals surface area contributed by atoms with Gasteiger partial charge in [0.05, 0.1) is 44.0 Å². The number of benzene rings is 2. The maximum Gasteiger partial charge on any atom is 0.410 e. The number of fused-ring (bicyclic) bond motifs is 9. The van der Waals surface area contributed by atoms with E-state index in [1.807, 2.05) is 13.0 Å². The predicted molar refractivity (Wildman–Crippen MR) is 166 cm³/mol. The van der Waals surface area contributed by atoms with Crippen molar-refractivity contribution in [2.45, 2.75) is 60.4 Å². The highest BCUT2D eigenvalue weighted by Gasteiger charge is 2.62. The molecule has 1 fully saturated rings. The summed E-state index contributed by atoms with van der Waals surface area (Å²) in [6.45, 7) is 6.08. The van der Waals surface area contributed by atoms with Crippen LogP contribution in [0, 0.1) is 25.2 Å². The molecule has 6 atom stereocenters. The van der Waals surface area contributed by atoms with Crippen LogP contribution in [0.3, 0.4) is 0 Å². The maximum atomic E-state index is 14.0. The van der Waals surface area contributed by atoms with Crippen molar-refractivity contribution in [2.75, 3.05) is 33.7 Å². The summed E-state index contributed by atoms with van der Waals surface area (Å²) in [7, 11) is 1.49. The molecule has 15 heteroatoms. The van der Waals surface area contributed by atoms with Gasteiger partial charge in [-0.1, -0.05) is 53.5 Å². The van der Waals surface area contributed by atoms with Gasteiger partial charge in [-0.25, -0.2) is 4.79 Å². The van der Waals surface area contributed by atoms with E-state index in [2.05, 4.69) is 12.6 Å². The second-order valence-corrected chi connectivity index (χ2v) is 14.1. The first-order valence-corrected chi connectivity index (χ1v) is 15.6. The van der Waals surface area contributed by atoms with E-state index in [-0.39, 0.29) is 42.6 Å². The van der Waals surface area contributed by atoms with Crippen LogP contribution in [0.2, 0.25) is 0 Å². The lowest BCUT2D eigenvalue weighted by molar-refractivity contribution is -0.126. The summed E-state index contributed by atoms with van der Waals surface area (Å²) in [5, 5.41) is 45.5. The van der Waals surface area contributed by atoms with E-state index in [1.54, 1.807) is 17.9 Å². The van der Waals surface area contributed by atoms with Crippen molar-refractivity contribution in [3.63, 3.8) is 0 Å². The number of alkyl halides is 3. The van der Waals surface area contributed by atoms with E-state index in [4.69, 9.17) is 58.5 Å². The first kappa shape index (κ1) is 32.6. The molecule has 1 unspecified atom stereocenters. The van der Waals surface area contributed by atoms with Crippen molar-refractivity contribution in [1.29, 1.82) is 5.26 Å². The average Bonchev–Trinajstić information content (AvgIpc) is 3.50.